The van der Waals surface area contributed by atoms with Crippen LogP contribution in [-0.4, -0.2) is 28.5 Å². The van der Waals surface area contributed by atoms with Gasteiger partial charge in [-0.2, -0.15) is 0 Å². The Balaban J connectivity index is 1.77. The molecule has 0 unspecified atom stereocenters. The topological polar surface area (TPSA) is 64.3 Å². The molecule has 5 nitrogen and oxygen atoms in total. The summed E-state index contributed by atoms with van der Waals surface area (Å²) in [6, 6.07) is 5.86. The molecule has 0 fully saturated rings. The van der Waals surface area contributed by atoms with Crippen LogP contribution >= 0.6 is 11.6 Å². The highest BCUT2D eigenvalue weighted by molar-refractivity contribution is 6.32. The van der Waals surface area contributed by atoms with Crippen molar-refractivity contribution in [3.05, 3.63) is 46.2 Å². The molecule has 1 aromatic heterocycles. The average molecular weight is 305 g/mol. The minimum Gasteiger partial charge on any atom is -0.495 e. The number of hydrogen-bond acceptors (Lipinski definition) is 5. The summed E-state index contributed by atoms with van der Waals surface area (Å²) in [5.41, 5.74) is 8.88. The van der Waals surface area contributed by atoms with Crippen molar-refractivity contribution in [1.29, 1.82) is 0 Å². The average Bonchev–Trinajstić information content (AvgIpc) is 2.49. The molecule has 2 heterocycles. The second-order valence-electron chi connectivity index (χ2n) is 5.09. The number of rotatable bonds is 3. The Morgan fingerprint density at radius 1 is 1.43 bits per heavy atom. The Morgan fingerprint density at radius 3 is 3.10 bits per heavy atom. The van der Waals surface area contributed by atoms with E-state index in [0.29, 0.717) is 16.7 Å². The van der Waals surface area contributed by atoms with Crippen LogP contribution in [0.4, 0.5) is 5.95 Å². The molecule has 0 aliphatic carbocycles. The lowest BCUT2D eigenvalue weighted by atomic mass is 10.1. The molecule has 6 heteroatoms. The molecule has 1 aliphatic rings. The van der Waals surface area contributed by atoms with E-state index in [1.165, 1.54) is 0 Å². The lowest BCUT2D eigenvalue weighted by molar-refractivity contribution is 0.242. The first-order chi connectivity index (χ1) is 10.2. The zero-order valence-corrected chi connectivity index (χ0v) is 12.6. The van der Waals surface area contributed by atoms with Gasteiger partial charge in [0.15, 0.2) is 0 Å². The summed E-state index contributed by atoms with van der Waals surface area (Å²) >= 11 is 6.36. The van der Waals surface area contributed by atoms with Gasteiger partial charge in [-0.05, 0) is 11.6 Å². The minimum absolute atomic E-state index is 0.345. The molecule has 2 aromatic rings. The van der Waals surface area contributed by atoms with Crippen molar-refractivity contribution in [3.8, 4) is 5.75 Å². The van der Waals surface area contributed by atoms with Crippen LogP contribution in [0.3, 0.4) is 0 Å². The number of anilines is 1. The zero-order chi connectivity index (χ0) is 14.8. The largest absolute Gasteiger partial charge is 0.495 e. The highest BCUT2D eigenvalue weighted by atomic mass is 35.5. The van der Waals surface area contributed by atoms with E-state index in [0.717, 1.165) is 42.9 Å². The summed E-state index contributed by atoms with van der Waals surface area (Å²) in [6.45, 7) is 2.51. The van der Waals surface area contributed by atoms with Crippen molar-refractivity contribution in [1.82, 2.24) is 14.9 Å². The van der Waals surface area contributed by atoms with E-state index in [4.69, 9.17) is 22.1 Å². The Kier molecular flexibility index (Phi) is 3.94. The molecule has 3 rings (SSSR count). The van der Waals surface area contributed by atoms with Crippen molar-refractivity contribution in [2.45, 2.75) is 19.5 Å². The Hall–Kier alpha value is -1.85. The number of halogens is 1. The predicted molar refractivity (Wildman–Crippen MR) is 82.3 cm³/mol. The monoisotopic (exact) mass is 304 g/mol. The van der Waals surface area contributed by atoms with Crippen LogP contribution in [0.25, 0.3) is 0 Å². The lowest BCUT2D eigenvalue weighted by Gasteiger charge is -2.28. The summed E-state index contributed by atoms with van der Waals surface area (Å²) in [4.78, 5) is 10.7. The molecule has 0 saturated carbocycles. The maximum absolute atomic E-state index is 6.36. The molecular weight excluding hydrogens is 288 g/mol. The second-order valence-corrected chi connectivity index (χ2v) is 5.47. The van der Waals surface area contributed by atoms with E-state index >= 15 is 0 Å². The van der Waals surface area contributed by atoms with Crippen LogP contribution in [0.15, 0.2) is 24.4 Å². The number of nitrogens with zero attached hydrogens (tertiary/aromatic N) is 3. The normalized spacial score (nSPS) is 14.8. The number of benzene rings is 1. The van der Waals surface area contributed by atoms with Gasteiger partial charge in [-0.15, -0.1) is 0 Å². The van der Waals surface area contributed by atoms with Gasteiger partial charge >= 0.3 is 0 Å². The first kappa shape index (κ1) is 14.1. The molecule has 1 aromatic carbocycles. The van der Waals surface area contributed by atoms with Crippen LogP contribution in [0.1, 0.15) is 16.8 Å². The third-order valence-corrected chi connectivity index (χ3v) is 4.12. The van der Waals surface area contributed by atoms with Crippen molar-refractivity contribution < 1.29 is 4.74 Å². The number of ether oxygens (including phenoxy) is 1. The summed E-state index contributed by atoms with van der Waals surface area (Å²) in [5.74, 6) is 1.06. The van der Waals surface area contributed by atoms with Gasteiger partial charge in [-0.1, -0.05) is 23.7 Å². The number of nitrogen functional groups attached to an aromatic ring is 1. The minimum atomic E-state index is 0.345. The van der Waals surface area contributed by atoms with Crippen molar-refractivity contribution in [2.24, 2.45) is 0 Å². The fourth-order valence-corrected chi connectivity index (χ4v) is 2.86. The van der Waals surface area contributed by atoms with E-state index < -0.39 is 0 Å². The van der Waals surface area contributed by atoms with E-state index in [1.54, 1.807) is 7.11 Å². The summed E-state index contributed by atoms with van der Waals surface area (Å²) < 4.78 is 5.26. The van der Waals surface area contributed by atoms with Gasteiger partial charge in [0.2, 0.25) is 5.95 Å². The van der Waals surface area contributed by atoms with Crippen LogP contribution < -0.4 is 10.5 Å². The van der Waals surface area contributed by atoms with Gasteiger partial charge in [0, 0.05) is 37.8 Å². The number of fused-ring (bicyclic) bond motifs is 1. The highest BCUT2D eigenvalue weighted by Gasteiger charge is 2.19. The molecular formula is C15H17ClN4O. The number of nitrogens with two attached hydrogens (primary N) is 1. The van der Waals surface area contributed by atoms with Crippen molar-refractivity contribution >= 4 is 17.5 Å². The fraction of sp³-hybridized carbons (Fsp3) is 0.333. The molecule has 0 bridgehead atoms. The van der Waals surface area contributed by atoms with E-state index in [1.807, 2.05) is 24.4 Å². The van der Waals surface area contributed by atoms with Gasteiger partial charge < -0.3 is 10.5 Å². The SMILES string of the molecule is COc1cccc(CN2CCc3nc(N)ncc3C2)c1Cl. The molecule has 1 aliphatic heterocycles. The fourth-order valence-electron chi connectivity index (χ4n) is 2.60. The zero-order valence-electron chi connectivity index (χ0n) is 11.8. The Morgan fingerprint density at radius 2 is 2.29 bits per heavy atom. The van der Waals surface area contributed by atoms with Gasteiger partial charge in [0.1, 0.15) is 5.75 Å². The molecule has 0 spiro atoms. The maximum atomic E-state index is 6.36. The molecule has 2 N–H and O–H groups in total. The molecule has 0 saturated heterocycles. The number of methoxy groups -OCH3 is 1. The second kappa shape index (κ2) is 5.87. The smallest absolute Gasteiger partial charge is 0.220 e. The van der Waals surface area contributed by atoms with E-state index in [-0.39, 0.29) is 0 Å². The van der Waals surface area contributed by atoms with Crippen LogP contribution in [0.5, 0.6) is 5.75 Å². The molecule has 110 valence electrons. The number of aromatic nitrogens is 2. The quantitative estimate of drug-likeness (QED) is 0.942. The Labute approximate surface area is 128 Å². The van der Waals surface area contributed by atoms with Crippen molar-refractivity contribution in [3.63, 3.8) is 0 Å². The van der Waals surface area contributed by atoms with Gasteiger partial charge in [0.05, 0.1) is 17.8 Å². The van der Waals surface area contributed by atoms with Crippen LogP contribution in [0, 0.1) is 0 Å². The van der Waals surface area contributed by atoms with Crippen LogP contribution in [0.2, 0.25) is 5.02 Å². The first-order valence-corrected chi connectivity index (χ1v) is 7.19. The van der Waals surface area contributed by atoms with E-state index in [9.17, 15) is 0 Å². The molecule has 0 amide bonds. The van der Waals surface area contributed by atoms with E-state index in [2.05, 4.69) is 14.9 Å². The Bertz CT molecular complexity index is 662. The molecule has 21 heavy (non-hydrogen) atoms. The van der Waals surface area contributed by atoms with Crippen LogP contribution in [-0.2, 0) is 19.5 Å². The predicted octanol–water partition coefficient (Wildman–Crippen LogP) is 2.28. The van der Waals surface area contributed by atoms with Gasteiger partial charge in [0.25, 0.3) is 0 Å². The van der Waals surface area contributed by atoms with Gasteiger partial charge in [-0.3, -0.25) is 4.90 Å². The maximum Gasteiger partial charge on any atom is 0.220 e. The summed E-state index contributed by atoms with van der Waals surface area (Å²) in [5, 5.41) is 0.680. The third kappa shape index (κ3) is 2.94. The molecule has 0 radical (unpaired) electrons. The highest BCUT2D eigenvalue weighted by Crippen LogP contribution is 2.29. The lowest BCUT2D eigenvalue weighted by Crippen LogP contribution is -2.31. The van der Waals surface area contributed by atoms with Gasteiger partial charge in [-0.25, -0.2) is 9.97 Å². The van der Waals surface area contributed by atoms with Crippen molar-refractivity contribution in [2.75, 3.05) is 19.4 Å². The molecule has 0 atom stereocenters. The standard InChI is InChI=1S/C15H17ClN4O/c1-21-13-4-2-3-10(14(13)16)8-20-6-5-12-11(9-20)7-18-15(17)19-12/h2-4,7H,5-6,8-9H2,1H3,(H2,17,18,19). The third-order valence-electron chi connectivity index (χ3n) is 3.69. The first-order valence-electron chi connectivity index (χ1n) is 6.81. The number of hydrogen-bond donors (Lipinski definition) is 1. The summed E-state index contributed by atoms with van der Waals surface area (Å²) in [7, 11) is 1.63. The summed E-state index contributed by atoms with van der Waals surface area (Å²) in [6.07, 6.45) is 2.70.